The molecule has 1 aliphatic heterocycles. The molecule has 12 heteroatoms. The van der Waals surface area contributed by atoms with E-state index in [-0.39, 0.29) is 28.0 Å². The maximum absolute atomic E-state index is 13.4. The fourth-order valence-corrected chi connectivity index (χ4v) is 3.62. The first-order chi connectivity index (χ1) is 16.2. The van der Waals surface area contributed by atoms with E-state index in [1.165, 1.54) is 25.3 Å². The third-order valence-corrected chi connectivity index (χ3v) is 5.46. The molecule has 2 aromatic carbocycles. The predicted octanol–water partition coefficient (Wildman–Crippen LogP) is -0.236. The summed E-state index contributed by atoms with van der Waals surface area (Å²) in [6.45, 7) is -0.726. The van der Waals surface area contributed by atoms with E-state index in [0.29, 0.717) is 0 Å². The van der Waals surface area contributed by atoms with Gasteiger partial charge in [-0.3, -0.25) is 4.79 Å². The highest BCUT2D eigenvalue weighted by Gasteiger charge is 2.45. The minimum atomic E-state index is -1.83. The number of phenolic OH excluding ortho intramolecular Hbond substituents is 3. The summed E-state index contributed by atoms with van der Waals surface area (Å²) in [6, 6.07) is 6.02. The van der Waals surface area contributed by atoms with Crippen molar-refractivity contribution in [1.82, 2.24) is 0 Å². The molecular weight excluding hydrogens is 456 g/mol. The maximum Gasteiger partial charge on any atom is 0.239 e. The quantitative estimate of drug-likeness (QED) is 0.238. The summed E-state index contributed by atoms with van der Waals surface area (Å²) in [4.78, 5) is 13.4. The van der Waals surface area contributed by atoms with Crippen molar-refractivity contribution in [3.63, 3.8) is 0 Å². The first kappa shape index (κ1) is 23.6. The van der Waals surface area contributed by atoms with Crippen molar-refractivity contribution in [2.24, 2.45) is 0 Å². The second-order valence-electron chi connectivity index (χ2n) is 7.63. The minimum Gasteiger partial charge on any atom is -0.507 e. The fourth-order valence-electron chi connectivity index (χ4n) is 3.62. The summed E-state index contributed by atoms with van der Waals surface area (Å²) in [7, 11) is 1.34. The van der Waals surface area contributed by atoms with Gasteiger partial charge in [0.2, 0.25) is 17.5 Å². The highest BCUT2D eigenvalue weighted by atomic mass is 16.7. The molecule has 4 rings (SSSR count). The molecule has 0 aliphatic carbocycles. The number of fused-ring (bicyclic) bond motifs is 1. The zero-order valence-electron chi connectivity index (χ0n) is 17.7. The van der Waals surface area contributed by atoms with Crippen LogP contribution in [0.2, 0.25) is 0 Å². The average molecular weight is 478 g/mol. The number of methoxy groups -OCH3 is 1. The van der Waals surface area contributed by atoms with Crippen LogP contribution in [0.3, 0.4) is 0 Å². The van der Waals surface area contributed by atoms with Gasteiger partial charge in [-0.15, -0.1) is 0 Å². The number of aliphatic hydroxyl groups excluding tert-OH is 4. The average Bonchev–Trinajstić information content (AvgIpc) is 2.82. The molecule has 0 unspecified atom stereocenters. The van der Waals surface area contributed by atoms with Gasteiger partial charge < -0.3 is 54.4 Å². The number of hydrogen-bond donors (Lipinski definition) is 7. The van der Waals surface area contributed by atoms with Crippen LogP contribution in [0.5, 0.6) is 28.7 Å². The van der Waals surface area contributed by atoms with E-state index in [2.05, 4.69) is 0 Å². The van der Waals surface area contributed by atoms with Gasteiger partial charge >= 0.3 is 0 Å². The smallest absolute Gasteiger partial charge is 0.239 e. The van der Waals surface area contributed by atoms with Gasteiger partial charge in [0.1, 0.15) is 46.9 Å². The Hall–Kier alpha value is -3.55. The molecule has 0 bridgehead atoms. The second-order valence-corrected chi connectivity index (χ2v) is 7.63. The maximum atomic E-state index is 13.4. The molecule has 12 nitrogen and oxygen atoms in total. The van der Waals surface area contributed by atoms with E-state index in [4.69, 9.17) is 18.6 Å². The van der Waals surface area contributed by atoms with Gasteiger partial charge in [-0.2, -0.15) is 0 Å². The number of hydrogen-bond acceptors (Lipinski definition) is 12. The zero-order valence-corrected chi connectivity index (χ0v) is 17.7. The van der Waals surface area contributed by atoms with Crippen LogP contribution in [0.25, 0.3) is 22.3 Å². The molecule has 0 amide bonds. The van der Waals surface area contributed by atoms with Crippen LogP contribution >= 0.6 is 0 Å². The summed E-state index contributed by atoms with van der Waals surface area (Å²) < 4.78 is 21.8. The lowest BCUT2D eigenvalue weighted by molar-refractivity contribution is -0.277. The first-order valence-corrected chi connectivity index (χ1v) is 10.0. The molecule has 1 fully saturated rings. The Morgan fingerprint density at radius 3 is 2.32 bits per heavy atom. The molecule has 2 heterocycles. The van der Waals surface area contributed by atoms with Crippen molar-refractivity contribution in [3.05, 3.63) is 40.6 Å². The van der Waals surface area contributed by atoms with E-state index in [1.54, 1.807) is 0 Å². The van der Waals surface area contributed by atoms with Crippen molar-refractivity contribution in [2.75, 3.05) is 13.7 Å². The van der Waals surface area contributed by atoms with Crippen LogP contribution in [0.15, 0.2) is 39.5 Å². The van der Waals surface area contributed by atoms with Crippen LogP contribution in [0.4, 0.5) is 0 Å². The lowest BCUT2D eigenvalue weighted by Crippen LogP contribution is -2.60. The van der Waals surface area contributed by atoms with Crippen molar-refractivity contribution in [3.8, 4) is 40.1 Å². The lowest BCUT2D eigenvalue weighted by atomic mass is 9.99. The molecule has 0 radical (unpaired) electrons. The van der Waals surface area contributed by atoms with Crippen molar-refractivity contribution < 1.29 is 54.4 Å². The lowest BCUT2D eigenvalue weighted by Gasteiger charge is -2.39. The zero-order chi connectivity index (χ0) is 24.7. The number of ether oxygens (including phenoxy) is 3. The molecule has 5 atom stereocenters. The Kier molecular flexibility index (Phi) is 6.25. The SMILES string of the molecule is COc1cc(O)c2c(=O)c(O[C@@H]3O[C@H](CO)[C@@H](O)[C@@H](O)[C@H]3O)c(-c3ccc(O)c(O)c3)oc2c1. The third kappa shape index (κ3) is 3.97. The molecule has 0 spiro atoms. The van der Waals surface area contributed by atoms with Crippen LogP contribution < -0.4 is 14.9 Å². The van der Waals surface area contributed by atoms with Crippen LogP contribution in [-0.2, 0) is 4.74 Å². The number of rotatable bonds is 5. The molecule has 1 aliphatic rings. The van der Waals surface area contributed by atoms with Gasteiger partial charge in [0.05, 0.1) is 13.7 Å². The van der Waals surface area contributed by atoms with Crippen molar-refractivity contribution >= 4 is 11.0 Å². The van der Waals surface area contributed by atoms with Gasteiger partial charge in [0.15, 0.2) is 17.3 Å². The van der Waals surface area contributed by atoms with E-state index in [0.717, 1.165) is 12.1 Å². The van der Waals surface area contributed by atoms with Crippen molar-refractivity contribution in [1.29, 1.82) is 0 Å². The molecular formula is C22H22O12. The molecule has 182 valence electrons. The van der Waals surface area contributed by atoms with E-state index in [1.807, 2.05) is 0 Å². The van der Waals surface area contributed by atoms with Crippen LogP contribution in [0, 0.1) is 0 Å². The second kappa shape index (κ2) is 9.00. The van der Waals surface area contributed by atoms with Gasteiger partial charge in [-0.05, 0) is 18.2 Å². The Morgan fingerprint density at radius 2 is 1.68 bits per heavy atom. The normalized spacial score (nSPS) is 24.8. The molecule has 1 saturated heterocycles. The minimum absolute atomic E-state index is 0.0659. The van der Waals surface area contributed by atoms with Gasteiger partial charge in [0, 0.05) is 17.7 Å². The number of aromatic hydroxyl groups is 3. The molecule has 34 heavy (non-hydrogen) atoms. The molecule has 0 saturated carbocycles. The Bertz CT molecular complexity index is 1270. The summed E-state index contributed by atoms with van der Waals surface area (Å²) in [5.41, 5.74) is -0.942. The summed E-state index contributed by atoms with van der Waals surface area (Å²) in [5, 5.41) is 69.5. The first-order valence-electron chi connectivity index (χ1n) is 10.0. The summed E-state index contributed by atoms with van der Waals surface area (Å²) in [5.74, 6) is -2.16. The van der Waals surface area contributed by atoms with Crippen LogP contribution in [-0.4, -0.2) is 80.2 Å². The molecule has 1 aromatic heterocycles. The monoisotopic (exact) mass is 478 g/mol. The Balaban J connectivity index is 1.92. The van der Waals surface area contributed by atoms with Gasteiger partial charge in [-0.25, -0.2) is 0 Å². The molecule has 7 N–H and O–H groups in total. The van der Waals surface area contributed by atoms with E-state index >= 15 is 0 Å². The van der Waals surface area contributed by atoms with Gasteiger partial charge in [-0.1, -0.05) is 0 Å². The summed E-state index contributed by atoms with van der Waals surface area (Å²) in [6.07, 6.45) is -8.31. The fraction of sp³-hybridized carbons (Fsp3) is 0.318. The van der Waals surface area contributed by atoms with Crippen molar-refractivity contribution in [2.45, 2.75) is 30.7 Å². The van der Waals surface area contributed by atoms with E-state index in [9.17, 15) is 40.5 Å². The largest absolute Gasteiger partial charge is 0.507 e. The topological polar surface area (TPSA) is 200 Å². The number of aliphatic hydroxyl groups is 4. The molecule has 3 aromatic rings. The number of benzene rings is 2. The standard InChI is InChI=1S/C22H22O12/c1-31-9-5-12(26)15-13(6-9)32-20(8-2-3-10(24)11(25)4-8)21(17(15)28)34-22-19(30)18(29)16(27)14(7-23)33-22/h2-6,14,16,18-19,22-27,29-30H,7H2,1H3/t14-,16-,18-,19-,22+/m1/s1. The summed E-state index contributed by atoms with van der Waals surface area (Å²) >= 11 is 0. The highest BCUT2D eigenvalue weighted by molar-refractivity contribution is 5.88. The van der Waals surface area contributed by atoms with Gasteiger partial charge in [0.25, 0.3) is 0 Å². The predicted molar refractivity (Wildman–Crippen MR) is 114 cm³/mol. The Morgan fingerprint density at radius 1 is 0.941 bits per heavy atom. The third-order valence-electron chi connectivity index (χ3n) is 5.46. The number of phenols is 3. The Labute approximate surface area is 191 Å². The van der Waals surface area contributed by atoms with Crippen LogP contribution in [0.1, 0.15) is 0 Å². The van der Waals surface area contributed by atoms with E-state index < -0.39 is 65.7 Å². The highest BCUT2D eigenvalue weighted by Crippen LogP contribution is 2.39.